The van der Waals surface area contributed by atoms with Crippen molar-refractivity contribution in [1.82, 2.24) is 9.88 Å². The maximum absolute atomic E-state index is 7.78. The quantitative estimate of drug-likeness (QED) is 0.635. The Morgan fingerprint density at radius 1 is 1.25 bits per heavy atom. The molecular weight excluding hydrogens is 250 g/mol. The van der Waals surface area contributed by atoms with Crippen molar-refractivity contribution >= 4 is 11.7 Å². The van der Waals surface area contributed by atoms with Crippen LogP contribution in [0.2, 0.25) is 0 Å². The fraction of sp³-hybridized carbons (Fsp3) is 0.600. The summed E-state index contributed by atoms with van der Waals surface area (Å²) in [7, 11) is 0. The van der Waals surface area contributed by atoms with Gasteiger partial charge in [-0.3, -0.25) is 10.3 Å². The van der Waals surface area contributed by atoms with Gasteiger partial charge in [0.15, 0.2) is 0 Å². The summed E-state index contributed by atoms with van der Waals surface area (Å²) in [6.45, 7) is 12.6. The Balaban J connectivity index is 2.19. The van der Waals surface area contributed by atoms with E-state index < -0.39 is 0 Å². The Morgan fingerprint density at radius 2 is 1.85 bits per heavy atom. The fourth-order valence-electron chi connectivity index (χ4n) is 2.71. The molecule has 5 heteroatoms. The summed E-state index contributed by atoms with van der Waals surface area (Å²) >= 11 is 0. The van der Waals surface area contributed by atoms with Crippen LogP contribution in [0.1, 0.15) is 31.9 Å². The second kappa shape index (κ2) is 5.40. The van der Waals surface area contributed by atoms with E-state index in [4.69, 9.17) is 11.1 Å². The third kappa shape index (κ3) is 2.93. The molecule has 0 aromatic carbocycles. The van der Waals surface area contributed by atoms with Crippen LogP contribution in [-0.2, 0) is 0 Å². The van der Waals surface area contributed by atoms with Crippen LogP contribution < -0.4 is 10.6 Å². The van der Waals surface area contributed by atoms with Crippen LogP contribution in [0.25, 0.3) is 0 Å². The standard InChI is InChI=1S/C15H25N5/c1-11-5-6-18-14(12(11)13(16)17)19-7-9-20(10-8-19)15(2,3)4/h5-6H,7-10H2,1-4H3,(H3,16,17). The van der Waals surface area contributed by atoms with E-state index in [0.717, 1.165) is 43.1 Å². The molecule has 110 valence electrons. The largest absolute Gasteiger partial charge is 0.384 e. The number of hydrogen-bond donors (Lipinski definition) is 2. The Hall–Kier alpha value is -1.62. The van der Waals surface area contributed by atoms with E-state index in [1.807, 2.05) is 13.0 Å². The van der Waals surface area contributed by atoms with Crippen LogP contribution in [0.4, 0.5) is 5.82 Å². The number of pyridine rings is 1. The van der Waals surface area contributed by atoms with Gasteiger partial charge in [-0.25, -0.2) is 4.98 Å². The molecule has 1 saturated heterocycles. The zero-order valence-corrected chi connectivity index (χ0v) is 12.9. The van der Waals surface area contributed by atoms with Crippen molar-refractivity contribution in [2.24, 2.45) is 5.73 Å². The molecule has 0 radical (unpaired) electrons. The van der Waals surface area contributed by atoms with Crippen LogP contribution in [0.5, 0.6) is 0 Å². The molecule has 0 atom stereocenters. The van der Waals surface area contributed by atoms with Crippen LogP contribution >= 0.6 is 0 Å². The number of piperazine rings is 1. The second-order valence-electron chi connectivity index (χ2n) is 6.39. The van der Waals surface area contributed by atoms with Crippen LogP contribution in [-0.4, -0.2) is 47.4 Å². The molecule has 2 rings (SSSR count). The van der Waals surface area contributed by atoms with Crippen molar-refractivity contribution in [3.8, 4) is 0 Å². The molecule has 0 bridgehead atoms. The van der Waals surface area contributed by atoms with Gasteiger partial charge in [0.2, 0.25) is 0 Å². The molecule has 5 nitrogen and oxygen atoms in total. The summed E-state index contributed by atoms with van der Waals surface area (Å²) < 4.78 is 0. The first-order valence-electron chi connectivity index (χ1n) is 7.10. The lowest BCUT2D eigenvalue weighted by Crippen LogP contribution is -2.54. The van der Waals surface area contributed by atoms with Gasteiger partial charge in [-0.2, -0.15) is 0 Å². The first kappa shape index (κ1) is 14.8. The zero-order valence-electron chi connectivity index (χ0n) is 12.9. The SMILES string of the molecule is Cc1ccnc(N2CCN(C(C)(C)C)CC2)c1C(=N)N. The van der Waals surface area contributed by atoms with Gasteiger partial charge in [-0.15, -0.1) is 0 Å². The molecule has 0 spiro atoms. The minimum atomic E-state index is 0.101. The third-order valence-corrected chi connectivity index (χ3v) is 3.94. The number of rotatable bonds is 2. The van der Waals surface area contributed by atoms with Crippen molar-refractivity contribution in [3.05, 3.63) is 23.4 Å². The topological polar surface area (TPSA) is 69.2 Å². The lowest BCUT2D eigenvalue weighted by atomic mass is 10.0. The molecule has 0 aliphatic carbocycles. The van der Waals surface area contributed by atoms with Crippen molar-refractivity contribution in [2.75, 3.05) is 31.1 Å². The van der Waals surface area contributed by atoms with Gasteiger partial charge in [0.1, 0.15) is 11.7 Å². The van der Waals surface area contributed by atoms with Gasteiger partial charge in [-0.1, -0.05) is 0 Å². The number of hydrogen-bond acceptors (Lipinski definition) is 4. The summed E-state index contributed by atoms with van der Waals surface area (Å²) in [5, 5.41) is 7.78. The Kier molecular flexibility index (Phi) is 3.99. The van der Waals surface area contributed by atoms with Crippen molar-refractivity contribution < 1.29 is 0 Å². The Labute approximate surface area is 121 Å². The highest BCUT2D eigenvalue weighted by atomic mass is 15.3. The van der Waals surface area contributed by atoms with E-state index in [1.54, 1.807) is 6.20 Å². The van der Waals surface area contributed by atoms with Crippen LogP contribution in [0.15, 0.2) is 12.3 Å². The van der Waals surface area contributed by atoms with Gasteiger partial charge in [0.05, 0.1) is 5.56 Å². The van der Waals surface area contributed by atoms with Crippen LogP contribution in [0.3, 0.4) is 0 Å². The fourth-order valence-corrected chi connectivity index (χ4v) is 2.71. The van der Waals surface area contributed by atoms with E-state index in [-0.39, 0.29) is 11.4 Å². The van der Waals surface area contributed by atoms with Gasteiger partial charge in [0, 0.05) is 37.9 Å². The molecule has 1 aromatic rings. The van der Waals surface area contributed by atoms with Crippen LogP contribution in [0, 0.1) is 12.3 Å². The summed E-state index contributed by atoms with van der Waals surface area (Å²) in [5.74, 6) is 0.954. The molecule has 0 amide bonds. The van der Waals surface area contributed by atoms with Crippen molar-refractivity contribution in [1.29, 1.82) is 5.41 Å². The highest BCUT2D eigenvalue weighted by molar-refractivity contribution is 6.01. The monoisotopic (exact) mass is 275 g/mol. The highest BCUT2D eigenvalue weighted by Crippen LogP contribution is 2.23. The summed E-state index contributed by atoms with van der Waals surface area (Å²) in [4.78, 5) is 9.18. The Morgan fingerprint density at radius 3 is 2.35 bits per heavy atom. The molecule has 2 heterocycles. The van der Waals surface area contributed by atoms with Gasteiger partial charge < -0.3 is 10.6 Å². The first-order valence-corrected chi connectivity index (χ1v) is 7.10. The number of aromatic nitrogens is 1. The normalized spacial score (nSPS) is 17.3. The molecule has 3 N–H and O–H groups in total. The summed E-state index contributed by atoms with van der Waals surface area (Å²) in [6, 6.07) is 1.91. The van der Waals surface area contributed by atoms with Gasteiger partial charge in [-0.05, 0) is 39.3 Å². The number of nitrogens with two attached hydrogens (primary N) is 1. The number of nitrogens with zero attached hydrogens (tertiary/aromatic N) is 3. The minimum absolute atomic E-state index is 0.101. The highest BCUT2D eigenvalue weighted by Gasteiger charge is 2.27. The van der Waals surface area contributed by atoms with E-state index in [9.17, 15) is 0 Å². The van der Waals surface area contributed by atoms with Crippen molar-refractivity contribution in [3.63, 3.8) is 0 Å². The summed E-state index contributed by atoms with van der Waals surface area (Å²) in [5.41, 5.74) is 7.72. The first-order chi connectivity index (χ1) is 9.30. The molecule has 0 unspecified atom stereocenters. The Bertz CT molecular complexity index is 495. The number of anilines is 1. The number of aryl methyl sites for hydroxylation is 1. The molecule has 20 heavy (non-hydrogen) atoms. The lowest BCUT2D eigenvalue weighted by Gasteiger charge is -2.43. The third-order valence-electron chi connectivity index (χ3n) is 3.94. The second-order valence-corrected chi connectivity index (χ2v) is 6.39. The molecular formula is C15H25N5. The number of nitrogens with one attached hydrogen (secondary N) is 1. The molecule has 1 fully saturated rings. The molecule has 0 saturated carbocycles. The maximum Gasteiger partial charge on any atom is 0.139 e. The average Bonchev–Trinajstić information content (AvgIpc) is 2.37. The minimum Gasteiger partial charge on any atom is -0.384 e. The smallest absolute Gasteiger partial charge is 0.139 e. The van der Waals surface area contributed by atoms with Gasteiger partial charge >= 0.3 is 0 Å². The van der Waals surface area contributed by atoms with E-state index in [1.165, 1.54) is 0 Å². The van der Waals surface area contributed by atoms with E-state index >= 15 is 0 Å². The van der Waals surface area contributed by atoms with Crippen molar-refractivity contribution in [2.45, 2.75) is 33.2 Å². The molecule has 1 aliphatic heterocycles. The van der Waals surface area contributed by atoms with Gasteiger partial charge in [0.25, 0.3) is 0 Å². The summed E-state index contributed by atoms with van der Waals surface area (Å²) in [6.07, 6.45) is 1.80. The zero-order chi connectivity index (χ0) is 14.9. The predicted molar refractivity (Wildman–Crippen MR) is 83.5 cm³/mol. The molecule has 1 aliphatic rings. The van der Waals surface area contributed by atoms with E-state index in [2.05, 4.69) is 35.6 Å². The maximum atomic E-state index is 7.78. The molecule has 1 aromatic heterocycles. The average molecular weight is 275 g/mol. The van der Waals surface area contributed by atoms with E-state index in [0.29, 0.717) is 0 Å². The number of amidine groups is 1. The predicted octanol–water partition coefficient (Wildman–Crippen LogP) is 1.59. The lowest BCUT2D eigenvalue weighted by molar-refractivity contribution is 0.128. The number of nitrogen functional groups attached to an aromatic ring is 1.